The maximum Gasteiger partial charge on any atom is 0.0541 e. The monoisotopic (exact) mass is 375 g/mol. The summed E-state index contributed by atoms with van der Waals surface area (Å²) in [5, 5.41) is 6.47. The van der Waals surface area contributed by atoms with Gasteiger partial charge < -0.3 is 5.32 Å². The van der Waals surface area contributed by atoms with Crippen molar-refractivity contribution >= 4 is 50.6 Å². The van der Waals surface area contributed by atoms with Crippen LogP contribution in [0.5, 0.6) is 0 Å². The van der Waals surface area contributed by atoms with Crippen molar-refractivity contribution in [2.45, 2.75) is 17.9 Å². The van der Waals surface area contributed by atoms with E-state index < -0.39 is 0 Å². The molecule has 1 unspecified atom stereocenters. The van der Waals surface area contributed by atoms with Crippen molar-refractivity contribution in [1.29, 1.82) is 0 Å². The van der Waals surface area contributed by atoms with E-state index in [1.807, 2.05) is 18.2 Å². The molecule has 102 valence electrons. The summed E-state index contributed by atoms with van der Waals surface area (Å²) in [6.07, 6.45) is 0. The minimum absolute atomic E-state index is 0.348. The molecule has 0 aliphatic carbocycles. The van der Waals surface area contributed by atoms with Gasteiger partial charge in [0.05, 0.1) is 11.1 Å². The largest absolute Gasteiger partial charge is 0.309 e. The molecule has 1 N–H and O–H groups in total. The second-order valence-electron chi connectivity index (χ2n) is 3.98. The van der Waals surface area contributed by atoms with E-state index in [-0.39, 0.29) is 0 Å². The number of hydrogen-bond acceptors (Lipinski definition) is 3. The Hall–Kier alpha value is -0.000000000000000111. The molecule has 0 saturated carbocycles. The van der Waals surface area contributed by atoms with Crippen LogP contribution in [0.3, 0.4) is 0 Å². The summed E-state index contributed by atoms with van der Waals surface area (Å²) in [6, 6.07) is 10.4. The molecule has 0 amide bonds. The minimum atomic E-state index is 0.348. The van der Waals surface area contributed by atoms with Crippen LogP contribution < -0.4 is 5.32 Å². The fourth-order valence-electron chi connectivity index (χ4n) is 1.76. The molecular formula is C14H15BrClNS2. The third-order valence-electron chi connectivity index (χ3n) is 2.65. The van der Waals surface area contributed by atoms with Gasteiger partial charge in [-0.3, -0.25) is 0 Å². The third kappa shape index (κ3) is 4.23. The molecule has 1 atom stereocenters. The quantitative estimate of drug-likeness (QED) is 0.658. The van der Waals surface area contributed by atoms with Gasteiger partial charge in [0.25, 0.3) is 0 Å². The van der Waals surface area contributed by atoms with Crippen molar-refractivity contribution in [3.05, 3.63) is 50.1 Å². The lowest BCUT2D eigenvalue weighted by Crippen LogP contribution is -2.22. The van der Waals surface area contributed by atoms with Crippen LogP contribution in [0.1, 0.15) is 17.8 Å². The maximum atomic E-state index is 6.19. The average Bonchev–Trinajstić information content (AvgIpc) is 2.82. The summed E-state index contributed by atoms with van der Waals surface area (Å²) in [6.45, 7) is 3.09. The Morgan fingerprint density at radius 2 is 2.16 bits per heavy atom. The van der Waals surface area contributed by atoms with E-state index in [0.717, 1.165) is 22.2 Å². The van der Waals surface area contributed by atoms with Gasteiger partial charge in [-0.15, -0.1) is 23.1 Å². The zero-order valence-electron chi connectivity index (χ0n) is 10.5. The molecule has 2 aromatic rings. The van der Waals surface area contributed by atoms with Crippen LogP contribution >= 0.6 is 50.6 Å². The molecule has 0 saturated heterocycles. The number of benzene rings is 1. The Morgan fingerprint density at radius 1 is 1.37 bits per heavy atom. The number of thiophene rings is 1. The zero-order chi connectivity index (χ0) is 13.7. The van der Waals surface area contributed by atoms with Gasteiger partial charge in [-0.05, 0) is 46.1 Å². The lowest BCUT2D eigenvalue weighted by atomic mass is 10.3. The lowest BCUT2D eigenvalue weighted by Gasteiger charge is -2.17. The highest BCUT2D eigenvalue weighted by atomic mass is 79.9. The summed E-state index contributed by atoms with van der Waals surface area (Å²) in [5.74, 6) is 0.969. The molecule has 0 fully saturated rings. The Morgan fingerprint density at radius 3 is 2.79 bits per heavy atom. The highest BCUT2D eigenvalue weighted by Crippen LogP contribution is 2.34. The van der Waals surface area contributed by atoms with E-state index in [1.54, 1.807) is 23.1 Å². The smallest absolute Gasteiger partial charge is 0.0541 e. The number of rotatable bonds is 6. The van der Waals surface area contributed by atoms with Crippen molar-refractivity contribution in [2.24, 2.45) is 0 Å². The number of hydrogen-bond donors (Lipinski definition) is 1. The molecule has 5 heteroatoms. The van der Waals surface area contributed by atoms with Crippen LogP contribution in [0.4, 0.5) is 0 Å². The normalized spacial score (nSPS) is 12.6. The Kier molecular flexibility index (Phi) is 6.23. The van der Waals surface area contributed by atoms with Crippen molar-refractivity contribution in [3.8, 4) is 0 Å². The van der Waals surface area contributed by atoms with Gasteiger partial charge in [-0.25, -0.2) is 0 Å². The number of halogens is 2. The predicted octanol–water partition coefficient (Wildman–Crippen LogP) is 5.61. The van der Waals surface area contributed by atoms with Gasteiger partial charge >= 0.3 is 0 Å². The summed E-state index contributed by atoms with van der Waals surface area (Å²) < 4.78 is 1.18. The summed E-state index contributed by atoms with van der Waals surface area (Å²) >= 11 is 13.4. The van der Waals surface area contributed by atoms with Gasteiger partial charge in [0.2, 0.25) is 0 Å². The SMILES string of the molecule is CCNC(CSc1ccccc1Cl)c1sccc1Br. The van der Waals surface area contributed by atoms with Crippen molar-refractivity contribution in [2.75, 3.05) is 12.3 Å². The first kappa shape index (κ1) is 15.4. The van der Waals surface area contributed by atoms with Crippen LogP contribution in [0.2, 0.25) is 5.02 Å². The fourth-order valence-corrected chi connectivity index (χ4v) is 4.91. The lowest BCUT2D eigenvalue weighted by molar-refractivity contribution is 0.613. The van der Waals surface area contributed by atoms with Crippen LogP contribution in [0, 0.1) is 0 Å². The van der Waals surface area contributed by atoms with Gasteiger partial charge in [-0.1, -0.05) is 30.7 Å². The third-order valence-corrected chi connectivity index (χ3v) is 6.25. The predicted molar refractivity (Wildman–Crippen MR) is 90.6 cm³/mol. The van der Waals surface area contributed by atoms with Gasteiger partial charge in [0.1, 0.15) is 0 Å². The Balaban J connectivity index is 2.06. The zero-order valence-corrected chi connectivity index (χ0v) is 14.5. The van der Waals surface area contributed by atoms with Crippen molar-refractivity contribution < 1.29 is 0 Å². The topological polar surface area (TPSA) is 12.0 Å². The molecule has 0 spiro atoms. The van der Waals surface area contributed by atoms with E-state index in [4.69, 9.17) is 11.6 Å². The molecule has 1 aromatic heterocycles. The first-order valence-corrected chi connectivity index (χ1v) is 9.09. The Bertz CT molecular complexity index is 530. The number of thioether (sulfide) groups is 1. The average molecular weight is 377 g/mol. The molecular weight excluding hydrogens is 362 g/mol. The first-order valence-electron chi connectivity index (χ1n) is 6.06. The summed E-state index contributed by atoms with van der Waals surface area (Å²) in [5.41, 5.74) is 0. The van der Waals surface area contributed by atoms with E-state index in [2.05, 4.69) is 45.7 Å². The molecule has 0 bridgehead atoms. The first-order chi connectivity index (χ1) is 9.22. The van der Waals surface area contributed by atoms with Gasteiger partial charge in [0.15, 0.2) is 0 Å². The van der Waals surface area contributed by atoms with Gasteiger partial charge in [0, 0.05) is 20.0 Å². The van der Waals surface area contributed by atoms with Crippen LogP contribution in [-0.2, 0) is 0 Å². The molecule has 1 nitrogen and oxygen atoms in total. The highest BCUT2D eigenvalue weighted by Gasteiger charge is 2.15. The van der Waals surface area contributed by atoms with Crippen molar-refractivity contribution in [1.82, 2.24) is 5.32 Å². The van der Waals surface area contributed by atoms with E-state index in [0.29, 0.717) is 6.04 Å². The van der Waals surface area contributed by atoms with Crippen molar-refractivity contribution in [3.63, 3.8) is 0 Å². The molecule has 2 rings (SSSR count). The molecule has 1 aromatic carbocycles. The van der Waals surface area contributed by atoms with Crippen LogP contribution in [0.25, 0.3) is 0 Å². The van der Waals surface area contributed by atoms with E-state index in [9.17, 15) is 0 Å². The summed E-state index contributed by atoms with van der Waals surface area (Å²) in [4.78, 5) is 2.49. The van der Waals surface area contributed by atoms with E-state index in [1.165, 1.54) is 9.35 Å². The molecule has 0 aliphatic rings. The second-order valence-corrected chi connectivity index (χ2v) is 7.26. The Labute approximate surface area is 135 Å². The minimum Gasteiger partial charge on any atom is -0.309 e. The van der Waals surface area contributed by atoms with Crippen LogP contribution in [0.15, 0.2) is 45.1 Å². The molecule has 0 radical (unpaired) electrons. The highest BCUT2D eigenvalue weighted by molar-refractivity contribution is 9.10. The molecule has 19 heavy (non-hydrogen) atoms. The second kappa shape index (κ2) is 7.70. The van der Waals surface area contributed by atoms with Gasteiger partial charge in [-0.2, -0.15) is 0 Å². The number of nitrogens with one attached hydrogen (secondary N) is 1. The van der Waals surface area contributed by atoms with E-state index >= 15 is 0 Å². The molecule has 0 aliphatic heterocycles. The van der Waals surface area contributed by atoms with Crippen LogP contribution in [-0.4, -0.2) is 12.3 Å². The summed E-state index contributed by atoms with van der Waals surface area (Å²) in [7, 11) is 0. The standard InChI is InChI=1S/C14H15BrClNS2/c1-2-17-12(14-10(15)7-8-18-14)9-19-13-6-4-3-5-11(13)16/h3-8,12,17H,2,9H2,1H3. The molecule has 1 heterocycles. The maximum absolute atomic E-state index is 6.19. The fraction of sp³-hybridized carbons (Fsp3) is 0.286.